The lowest BCUT2D eigenvalue weighted by Gasteiger charge is -2.51. The molecule has 0 aromatic heterocycles. The number of likely N-dealkylation sites (N-methyl/N-ethyl adjacent to an activating group) is 1. The minimum atomic E-state index is -4.48. The van der Waals surface area contributed by atoms with Gasteiger partial charge < -0.3 is 4.90 Å². The number of piperazine rings is 1. The van der Waals surface area contributed by atoms with Gasteiger partial charge in [-0.05, 0) is 37.6 Å². The summed E-state index contributed by atoms with van der Waals surface area (Å²) in [6.07, 6.45) is -2.44. The number of thiol groups is 1. The van der Waals surface area contributed by atoms with Gasteiger partial charge in [-0.2, -0.15) is 13.2 Å². The van der Waals surface area contributed by atoms with Gasteiger partial charge in [0.25, 0.3) is 5.91 Å². The first kappa shape index (κ1) is 16.1. The smallest absolute Gasteiger partial charge is 0.366 e. The van der Waals surface area contributed by atoms with Crippen molar-refractivity contribution in [3.8, 4) is 0 Å². The molecule has 4 heterocycles. The first-order valence-corrected chi connectivity index (χ1v) is 8.37. The number of carbonyl (C=O) groups excluding carboxylic acids is 1. The lowest BCUT2D eigenvalue weighted by atomic mass is 9.90. The van der Waals surface area contributed by atoms with E-state index in [4.69, 9.17) is 0 Å². The molecule has 0 N–H and O–H groups in total. The highest BCUT2D eigenvalue weighted by molar-refractivity contribution is 7.78. The van der Waals surface area contributed by atoms with Crippen LogP contribution < -0.4 is 4.90 Å². The third-order valence-electron chi connectivity index (χ3n) is 5.45. The molecule has 1 amide bonds. The molecule has 3 saturated heterocycles. The molecule has 4 aliphatic rings. The van der Waals surface area contributed by atoms with Crippen LogP contribution in [0.5, 0.6) is 0 Å². The van der Waals surface area contributed by atoms with Gasteiger partial charge in [0.2, 0.25) is 0 Å². The van der Waals surface area contributed by atoms with Crippen molar-refractivity contribution in [2.75, 3.05) is 25.0 Å². The molecule has 1 aromatic rings. The molecule has 130 valence electrons. The van der Waals surface area contributed by atoms with Gasteiger partial charge in [0.05, 0.1) is 12.1 Å². The molecule has 0 saturated carbocycles. The van der Waals surface area contributed by atoms with Crippen molar-refractivity contribution in [2.45, 2.75) is 37.6 Å². The van der Waals surface area contributed by atoms with Crippen LogP contribution in [0.4, 0.5) is 18.9 Å². The van der Waals surface area contributed by atoms with Gasteiger partial charge >= 0.3 is 6.18 Å². The third-order valence-corrected chi connectivity index (χ3v) is 5.77. The van der Waals surface area contributed by atoms with Crippen molar-refractivity contribution in [3.05, 3.63) is 28.8 Å². The van der Waals surface area contributed by atoms with E-state index in [-0.39, 0.29) is 23.7 Å². The summed E-state index contributed by atoms with van der Waals surface area (Å²) in [5.41, 5.74) is -0.0503. The number of halogens is 3. The number of piperidine rings is 2. The van der Waals surface area contributed by atoms with Crippen molar-refractivity contribution in [3.63, 3.8) is 0 Å². The lowest BCUT2D eigenvalue weighted by molar-refractivity contribution is -0.138. The molecule has 0 aliphatic carbocycles. The Morgan fingerprint density at radius 3 is 2.46 bits per heavy atom. The predicted molar refractivity (Wildman–Crippen MR) is 87.1 cm³/mol. The Morgan fingerprint density at radius 1 is 1.17 bits per heavy atom. The van der Waals surface area contributed by atoms with Crippen LogP contribution in [0.2, 0.25) is 0 Å². The van der Waals surface area contributed by atoms with Crippen LogP contribution in [0, 0.1) is 0 Å². The van der Waals surface area contributed by atoms with E-state index in [2.05, 4.69) is 24.8 Å². The molecule has 2 bridgehead atoms. The SMILES string of the molecule is CN1CC2CCC1CN2c1cc2c(c(C(F)(F)F)c1)CN(S)C2=O. The number of benzene rings is 1. The van der Waals surface area contributed by atoms with Gasteiger partial charge in [0.1, 0.15) is 0 Å². The van der Waals surface area contributed by atoms with E-state index in [0.29, 0.717) is 18.3 Å². The van der Waals surface area contributed by atoms with Crippen molar-refractivity contribution < 1.29 is 18.0 Å². The average molecular weight is 357 g/mol. The van der Waals surface area contributed by atoms with Gasteiger partial charge in [0, 0.05) is 36.4 Å². The van der Waals surface area contributed by atoms with Crippen LogP contribution in [-0.2, 0) is 12.7 Å². The second kappa shape index (κ2) is 5.29. The number of nitrogens with zero attached hydrogens (tertiary/aromatic N) is 3. The second-order valence-electron chi connectivity index (χ2n) is 6.86. The van der Waals surface area contributed by atoms with Crippen molar-refractivity contribution in [1.82, 2.24) is 9.21 Å². The quantitative estimate of drug-likeness (QED) is 0.783. The lowest BCUT2D eigenvalue weighted by Crippen LogP contribution is -2.61. The van der Waals surface area contributed by atoms with Crippen LogP contribution in [0.15, 0.2) is 12.1 Å². The molecule has 24 heavy (non-hydrogen) atoms. The van der Waals surface area contributed by atoms with E-state index in [0.717, 1.165) is 23.7 Å². The zero-order valence-corrected chi connectivity index (χ0v) is 14.1. The van der Waals surface area contributed by atoms with Crippen LogP contribution in [0.25, 0.3) is 0 Å². The van der Waals surface area contributed by atoms with E-state index in [1.807, 2.05) is 4.90 Å². The van der Waals surface area contributed by atoms with Gasteiger partial charge in [-0.3, -0.25) is 14.0 Å². The van der Waals surface area contributed by atoms with Gasteiger partial charge in [-0.25, -0.2) is 0 Å². The Kier molecular flexibility index (Phi) is 3.55. The Hall–Kier alpha value is -1.41. The number of hydrogen-bond donors (Lipinski definition) is 1. The standard InChI is InChI=1S/C16H18F3N3OS/c1-20-6-10-3-2-9(20)7-21(10)11-4-12-13(8-22(24)15(12)23)14(5-11)16(17,18)19/h4-5,9-10,24H,2-3,6-8H2,1H3. The second-order valence-corrected chi connectivity index (χ2v) is 7.34. The van der Waals surface area contributed by atoms with Crippen LogP contribution in [-0.4, -0.2) is 47.3 Å². The summed E-state index contributed by atoms with van der Waals surface area (Å²) in [6.45, 7) is 1.44. The summed E-state index contributed by atoms with van der Waals surface area (Å²) in [4.78, 5) is 16.5. The summed E-state index contributed by atoms with van der Waals surface area (Å²) in [6, 6.07) is 3.38. The Labute approximate surface area is 143 Å². The molecular formula is C16H18F3N3OS. The first-order chi connectivity index (χ1) is 11.3. The van der Waals surface area contributed by atoms with Gasteiger partial charge in [0.15, 0.2) is 0 Å². The number of alkyl halides is 3. The fourth-order valence-electron chi connectivity index (χ4n) is 4.15. The van der Waals surface area contributed by atoms with Gasteiger partial charge in [-0.15, -0.1) is 0 Å². The summed E-state index contributed by atoms with van der Waals surface area (Å²) in [5, 5.41) is 0. The molecule has 2 atom stereocenters. The predicted octanol–water partition coefficient (Wildman–Crippen LogP) is 2.79. The minimum Gasteiger partial charge on any atom is -0.366 e. The summed E-state index contributed by atoms with van der Waals surface area (Å²) < 4.78 is 41.6. The zero-order valence-electron chi connectivity index (χ0n) is 13.2. The van der Waals surface area contributed by atoms with E-state index in [1.54, 1.807) is 6.07 Å². The Morgan fingerprint density at radius 2 is 1.88 bits per heavy atom. The number of fused-ring (bicyclic) bond motifs is 4. The Balaban J connectivity index is 1.79. The van der Waals surface area contributed by atoms with E-state index in [1.165, 1.54) is 6.07 Å². The molecule has 1 aromatic carbocycles. The average Bonchev–Trinajstić information content (AvgIpc) is 2.81. The molecule has 5 rings (SSSR count). The molecule has 3 fully saturated rings. The molecule has 2 unspecified atom stereocenters. The molecule has 4 aliphatic heterocycles. The first-order valence-electron chi connectivity index (χ1n) is 7.97. The highest BCUT2D eigenvalue weighted by Gasteiger charge is 2.42. The monoisotopic (exact) mass is 357 g/mol. The fraction of sp³-hybridized carbons (Fsp3) is 0.562. The molecule has 4 nitrogen and oxygen atoms in total. The van der Waals surface area contributed by atoms with E-state index in [9.17, 15) is 18.0 Å². The summed E-state index contributed by atoms with van der Waals surface area (Å²) in [5.74, 6) is -0.458. The molecule has 8 heteroatoms. The maximum absolute atomic E-state index is 13.5. The van der Waals surface area contributed by atoms with Crippen LogP contribution in [0.3, 0.4) is 0 Å². The molecule has 0 spiro atoms. The number of carbonyl (C=O) groups is 1. The van der Waals surface area contributed by atoms with E-state index >= 15 is 0 Å². The highest BCUT2D eigenvalue weighted by Crippen LogP contribution is 2.42. The summed E-state index contributed by atoms with van der Waals surface area (Å²) in [7, 11) is 2.06. The maximum atomic E-state index is 13.5. The number of hydrogen-bond acceptors (Lipinski definition) is 4. The largest absolute Gasteiger partial charge is 0.416 e. The van der Waals surface area contributed by atoms with Crippen molar-refractivity contribution in [2.24, 2.45) is 0 Å². The number of rotatable bonds is 1. The van der Waals surface area contributed by atoms with E-state index < -0.39 is 17.6 Å². The van der Waals surface area contributed by atoms with Crippen LogP contribution in [0.1, 0.15) is 34.3 Å². The van der Waals surface area contributed by atoms with Gasteiger partial charge in [-0.1, -0.05) is 12.8 Å². The zero-order chi connectivity index (χ0) is 17.2. The van der Waals surface area contributed by atoms with Crippen LogP contribution >= 0.6 is 12.8 Å². The third kappa shape index (κ3) is 2.38. The normalized spacial score (nSPS) is 27.1. The molecular weight excluding hydrogens is 339 g/mol. The highest BCUT2D eigenvalue weighted by atomic mass is 32.1. The number of anilines is 1. The maximum Gasteiger partial charge on any atom is 0.416 e. The minimum absolute atomic E-state index is 0.0329. The number of amides is 1. The summed E-state index contributed by atoms with van der Waals surface area (Å²) >= 11 is 3.99. The Bertz CT molecular complexity index is 709. The topological polar surface area (TPSA) is 26.8 Å². The fourth-order valence-corrected chi connectivity index (χ4v) is 4.40. The van der Waals surface area contributed by atoms with Crippen molar-refractivity contribution in [1.29, 1.82) is 0 Å². The molecule has 0 radical (unpaired) electrons. The van der Waals surface area contributed by atoms with Crippen molar-refractivity contribution >= 4 is 24.4 Å².